The summed E-state index contributed by atoms with van der Waals surface area (Å²) in [6.45, 7) is 1.41. The lowest BCUT2D eigenvalue weighted by molar-refractivity contribution is -0.123. The number of rotatable bonds is 3. The first-order chi connectivity index (χ1) is 11.9. The third-order valence-corrected chi connectivity index (χ3v) is 3.84. The molecule has 0 radical (unpaired) electrons. The van der Waals surface area contributed by atoms with Crippen LogP contribution in [0.5, 0.6) is 0 Å². The van der Waals surface area contributed by atoms with Crippen molar-refractivity contribution in [1.29, 1.82) is 0 Å². The second-order valence-electron chi connectivity index (χ2n) is 5.78. The van der Waals surface area contributed by atoms with Gasteiger partial charge in [-0.2, -0.15) is 0 Å². The number of halogens is 1. The monoisotopic (exact) mass is 341 g/mol. The highest BCUT2D eigenvalue weighted by Crippen LogP contribution is 2.33. The maximum absolute atomic E-state index is 13.3. The number of nitrogens with one attached hydrogen (secondary N) is 3. The molecule has 2 aromatic carbocycles. The first-order valence-corrected chi connectivity index (χ1v) is 7.70. The molecule has 3 N–H and O–H groups in total. The molecule has 3 rings (SSSR count). The molecular weight excluding hydrogens is 325 g/mol. The van der Waals surface area contributed by atoms with Crippen LogP contribution in [-0.2, 0) is 14.4 Å². The molecule has 0 saturated heterocycles. The molecule has 2 aromatic rings. The summed E-state index contributed by atoms with van der Waals surface area (Å²) in [5, 5.41) is 7.95. The third kappa shape index (κ3) is 3.82. The number of carbonyl (C=O) groups is 3. The minimum absolute atomic E-state index is 0.00551. The van der Waals surface area contributed by atoms with Crippen molar-refractivity contribution in [1.82, 2.24) is 0 Å². The summed E-state index contributed by atoms with van der Waals surface area (Å²) in [6.07, 6.45) is -0.00551. The number of hydrogen-bond donors (Lipinski definition) is 3. The molecule has 0 aromatic heterocycles. The highest BCUT2D eigenvalue weighted by atomic mass is 19.1. The van der Waals surface area contributed by atoms with E-state index in [0.29, 0.717) is 22.6 Å². The molecule has 0 unspecified atom stereocenters. The van der Waals surface area contributed by atoms with Gasteiger partial charge in [0, 0.05) is 30.4 Å². The summed E-state index contributed by atoms with van der Waals surface area (Å²) in [5.41, 5.74) is 2.04. The van der Waals surface area contributed by atoms with Crippen molar-refractivity contribution in [2.75, 3.05) is 16.0 Å². The van der Waals surface area contributed by atoms with Gasteiger partial charge in [-0.25, -0.2) is 4.39 Å². The van der Waals surface area contributed by atoms with E-state index in [9.17, 15) is 18.8 Å². The molecule has 3 amide bonds. The molecule has 0 spiro atoms. The molecule has 0 fully saturated rings. The van der Waals surface area contributed by atoms with Crippen LogP contribution in [0.15, 0.2) is 42.5 Å². The first kappa shape index (κ1) is 16.6. The zero-order chi connectivity index (χ0) is 18.0. The normalized spacial score (nSPS) is 15.8. The summed E-state index contributed by atoms with van der Waals surface area (Å²) in [4.78, 5) is 35.4. The number of carbonyl (C=O) groups excluding carboxylic acids is 3. The highest BCUT2D eigenvalue weighted by molar-refractivity contribution is 6.05. The van der Waals surface area contributed by atoms with Crippen LogP contribution >= 0.6 is 0 Å². The maximum Gasteiger partial charge on any atom is 0.232 e. The number of benzene rings is 2. The number of anilines is 3. The van der Waals surface area contributed by atoms with Gasteiger partial charge in [-0.05, 0) is 42.0 Å². The van der Waals surface area contributed by atoms with Crippen molar-refractivity contribution < 1.29 is 18.8 Å². The van der Waals surface area contributed by atoms with Crippen molar-refractivity contribution in [3.05, 3.63) is 53.8 Å². The Morgan fingerprint density at radius 3 is 2.36 bits per heavy atom. The Morgan fingerprint density at radius 1 is 1.08 bits per heavy atom. The molecule has 6 nitrogen and oxygen atoms in total. The van der Waals surface area contributed by atoms with Crippen LogP contribution in [0.4, 0.5) is 21.5 Å². The summed E-state index contributed by atoms with van der Waals surface area (Å²) in [6, 6.07) is 10.6. The van der Waals surface area contributed by atoms with Crippen LogP contribution in [0.3, 0.4) is 0 Å². The van der Waals surface area contributed by atoms with E-state index >= 15 is 0 Å². The predicted octanol–water partition coefficient (Wildman–Crippen LogP) is 2.85. The summed E-state index contributed by atoms with van der Waals surface area (Å²) in [7, 11) is 0. The van der Waals surface area contributed by atoms with Gasteiger partial charge in [-0.15, -0.1) is 0 Å². The average Bonchev–Trinajstić information content (AvgIpc) is 2.55. The van der Waals surface area contributed by atoms with E-state index in [-0.39, 0.29) is 24.1 Å². The van der Waals surface area contributed by atoms with Gasteiger partial charge in [0.2, 0.25) is 17.7 Å². The zero-order valence-electron chi connectivity index (χ0n) is 13.4. The Labute approximate surface area is 143 Å². The van der Waals surface area contributed by atoms with Crippen LogP contribution in [0.25, 0.3) is 0 Å². The molecular formula is C18H16FN3O3. The summed E-state index contributed by atoms with van der Waals surface area (Å²) < 4.78 is 13.3. The van der Waals surface area contributed by atoms with E-state index in [4.69, 9.17) is 0 Å². The van der Waals surface area contributed by atoms with Crippen molar-refractivity contribution in [2.24, 2.45) is 0 Å². The number of amides is 3. The fraction of sp³-hybridized carbons (Fsp3) is 0.167. The Hall–Kier alpha value is -3.22. The number of hydrogen-bond acceptors (Lipinski definition) is 3. The largest absolute Gasteiger partial charge is 0.326 e. The van der Waals surface area contributed by atoms with Crippen molar-refractivity contribution >= 4 is 34.8 Å². The van der Waals surface area contributed by atoms with Crippen LogP contribution < -0.4 is 16.0 Å². The third-order valence-electron chi connectivity index (χ3n) is 3.84. The Bertz CT molecular complexity index is 849. The zero-order valence-corrected chi connectivity index (χ0v) is 13.4. The maximum atomic E-state index is 13.3. The van der Waals surface area contributed by atoms with Crippen molar-refractivity contribution in [2.45, 2.75) is 19.3 Å². The molecule has 0 saturated carbocycles. The first-order valence-electron chi connectivity index (χ1n) is 7.70. The van der Waals surface area contributed by atoms with E-state index in [1.165, 1.54) is 25.1 Å². The quantitative estimate of drug-likeness (QED) is 0.802. The van der Waals surface area contributed by atoms with Crippen LogP contribution in [0.2, 0.25) is 0 Å². The van der Waals surface area contributed by atoms with Gasteiger partial charge in [0.05, 0.1) is 5.92 Å². The Kier molecular flexibility index (Phi) is 4.47. The molecule has 1 aliphatic rings. The average molecular weight is 341 g/mol. The SMILES string of the molecule is CC(=O)Nc1ccc(NC(=O)[C@@H]2CC(=O)Nc3cc(F)ccc32)cc1. The second kappa shape index (κ2) is 6.72. The lowest BCUT2D eigenvalue weighted by Crippen LogP contribution is -2.30. The van der Waals surface area contributed by atoms with Gasteiger partial charge in [0.25, 0.3) is 0 Å². The molecule has 1 atom stereocenters. The van der Waals surface area contributed by atoms with E-state index < -0.39 is 11.7 Å². The van der Waals surface area contributed by atoms with Crippen LogP contribution in [0.1, 0.15) is 24.8 Å². The Balaban J connectivity index is 1.77. The molecule has 1 aliphatic heterocycles. The lowest BCUT2D eigenvalue weighted by atomic mass is 9.89. The van der Waals surface area contributed by atoms with Crippen LogP contribution in [0, 0.1) is 5.82 Å². The molecule has 0 bridgehead atoms. The molecule has 1 heterocycles. The topological polar surface area (TPSA) is 87.3 Å². The smallest absolute Gasteiger partial charge is 0.232 e. The van der Waals surface area contributed by atoms with Gasteiger partial charge in [-0.1, -0.05) is 6.07 Å². The van der Waals surface area contributed by atoms with Gasteiger partial charge in [-0.3, -0.25) is 14.4 Å². The minimum Gasteiger partial charge on any atom is -0.326 e. The fourth-order valence-corrected chi connectivity index (χ4v) is 2.74. The van der Waals surface area contributed by atoms with E-state index in [2.05, 4.69) is 16.0 Å². The van der Waals surface area contributed by atoms with Gasteiger partial charge < -0.3 is 16.0 Å². The second-order valence-corrected chi connectivity index (χ2v) is 5.78. The minimum atomic E-state index is -0.695. The van der Waals surface area contributed by atoms with Gasteiger partial charge in [0.15, 0.2) is 0 Å². The summed E-state index contributed by atoms with van der Waals surface area (Å²) in [5.74, 6) is -2.05. The van der Waals surface area contributed by atoms with E-state index in [1.807, 2.05) is 0 Å². The summed E-state index contributed by atoms with van der Waals surface area (Å²) >= 11 is 0. The standard InChI is InChI=1S/C18H16FN3O3/c1-10(23)20-12-3-5-13(6-4-12)21-18(25)15-9-17(24)22-16-8-11(19)2-7-14(15)16/h2-8,15H,9H2,1H3,(H,20,23)(H,21,25)(H,22,24)/t15-/m1/s1. The number of fused-ring (bicyclic) bond motifs is 1. The Morgan fingerprint density at radius 2 is 1.72 bits per heavy atom. The van der Waals surface area contributed by atoms with E-state index in [0.717, 1.165) is 0 Å². The van der Waals surface area contributed by atoms with Gasteiger partial charge in [0.1, 0.15) is 5.82 Å². The van der Waals surface area contributed by atoms with Crippen molar-refractivity contribution in [3.8, 4) is 0 Å². The highest BCUT2D eigenvalue weighted by Gasteiger charge is 2.31. The van der Waals surface area contributed by atoms with Crippen molar-refractivity contribution in [3.63, 3.8) is 0 Å². The predicted molar refractivity (Wildman–Crippen MR) is 91.8 cm³/mol. The van der Waals surface area contributed by atoms with Crippen LogP contribution in [-0.4, -0.2) is 17.7 Å². The molecule has 7 heteroatoms. The molecule has 128 valence electrons. The molecule has 25 heavy (non-hydrogen) atoms. The van der Waals surface area contributed by atoms with Gasteiger partial charge >= 0.3 is 0 Å². The lowest BCUT2D eigenvalue weighted by Gasteiger charge is -2.25. The van der Waals surface area contributed by atoms with E-state index in [1.54, 1.807) is 24.3 Å². The molecule has 0 aliphatic carbocycles. The fourth-order valence-electron chi connectivity index (χ4n) is 2.74.